The van der Waals surface area contributed by atoms with Crippen molar-refractivity contribution >= 4 is 69.8 Å². The SMILES string of the molecule is COC(=O)N(OC)c1ccccc1COc1ccn(-c2ccc(Cl)cc2)n1.N#Cc1c(Cl)c(Cl)c(Cl)c(C#N)c1Cl. The molecule has 3 aromatic carbocycles. The number of aromatic nitrogens is 2. The Labute approximate surface area is 260 Å². The molecule has 0 spiro atoms. The normalized spacial score (nSPS) is 10.1. The molecule has 0 N–H and O–H groups in total. The van der Waals surface area contributed by atoms with Crippen molar-refractivity contribution in [2.45, 2.75) is 6.61 Å². The average Bonchev–Trinajstić information content (AvgIpc) is 3.46. The average molecular weight is 654 g/mol. The molecule has 0 unspecified atom stereocenters. The zero-order chi connectivity index (χ0) is 30.1. The molecule has 41 heavy (non-hydrogen) atoms. The van der Waals surface area contributed by atoms with Gasteiger partial charge in [-0.1, -0.05) is 76.2 Å². The van der Waals surface area contributed by atoms with Crippen LogP contribution in [0.3, 0.4) is 0 Å². The molecule has 1 amide bonds. The van der Waals surface area contributed by atoms with E-state index in [1.807, 2.05) is 24.3 Å². The van der Waals surface area contributed by atoms with Crippen LogP contribution in [0.2, 0.25) is 25.1 Å². The predicted octanol–water partition coefficient (Wildman–Crippen LogP) is 8.28. The maximum atomic E-state index is 11.9. The Morgan fingerprint density at radius 3 is 2.05 bits per heavy atom. The van der Waals surface area contributed by atoms with Crippen LogP contribution in [0.4, 0.5) is 10.5 Å². The van der Waals surface area contributed by atoms with Crippen LogP contribution in [-0.4, -0.2) is 30.1 Å². The maximum Gasteiger partial charge on any atom is 0.438 e. The van der Waals surface area contributed by atoms with Crippen LogP contribution in [-0.2, 0) is 16.2 Å². The third kappa shape index (κ3) is 7.55. The third-order valence-electron chi connectivity index (χ3n) is 5.25. The maximum absolute atomic E-state index is 11.9. The molecule has 210 valence electrons. The zero-order valence-electron chi connectivity index (χ0n) is 21.2. The largest absolute Gasteiger partial charge is 0.472 e. The number of para-hydroxylation sites is 1. The highest BCUT2D eigenvalue weighted by Gasteiger charge is 2.20. The number of nitrogens with zero attached hydrogens (tertiary/aromatic N) is 5. The van der Waals surface area contributed by atoms with Gasteiger partial charge in [-0.25, -0.2) is 9.48 Å². The fourth-order valence-corrected chi connectivity index (χ4v) is 4.48. The van der Waals surface area contributed by atoms with Crippen molar-refractivity contribution in [2.75, 3.05) is 19.3 Å². The Bertz CT molecular complexity index is 1590. The van der Waals surface area contributed by atoms with Crippen molar-refractivity contribution in [3.63, 3.8) is 0 Å². The minimum Gasteiger partial charge on any atom is -0.472 e. The number of amides is 1. The highest BCUT2D eigenvalue weighted by Crippen LogP contribution is 2.40. The molecular weight excluding hydrogens is 636 g/mol. The van der Waals surface area contributed by atoms with E-state index < -0.39 is 6.09 Å². The van der Waals surface area contributed by atoms with Gasteiger partial charge in [0.05, 0.1) is 56.8 Å². The van der Waals surface area contributed by atoms with Crippen LogP contribution in [0.1, 0.15) is 16.7 Å². The van der Waals surface area contributed by atoms with Crippen molar-refractivity contribution in [1.82, 2.24) is 9.78 Å². The number of ether oxygens (including phenoxy) is 2. The van der Waals surface area contributed by atoms with Crippen LogP contribution >= 0.6 is 58.0 Å². The van der Waals surface area contributed by atoms with Gasteiger partial charge in [-0.15, -0.1) is 5.10 Å². The number of benzene rings is 3. The Morgan fingerprint density at radius 1 is 0.878 bits per heavy atom. The predicted molar refractivity (Wildman–Crippen MR) is 157 cm³/mol. The summed E-state index contributed by atoms with van der Waals surface area (Å²) in [5, 5.41) is 23.3. The third-order valence-corrected chi connectivity index (χ3v) is 7.21. The van der Waals surface area contributed by atoms with Gasteiger partial charge >= 0.3 is 6.09 Å². The van der Waals surface area contributed by atoms with E-state index in [1.54, 1.807) is 53.3 Å². The van der Waals surface area contributed by atoms with Crippen LogP contribution in [0.5, 0.6) is 5.88 Å². The van der Waals surface area contributed by atoms with Gasteiger partial charge in [-0.2, -0.15) is 15.6 Å². The van der Waals surface area contributed by atoms with Crippen LogP contribution in [0, 0.1) is 22.7 Å². The number of anilines is 1. The van der Waals surface area contributed by atoms with Gasteiger partial charge in [0.2, 0.25) is 5.88 Å². The summed E-state index contributed by atoms with van der Waals surface area (Å²) >= 11 is 28.7. The van der Waals surface area contributed by atoms with Gasteiger partial charge in [-0.3, -0.25) is 4.84 Å². The first-order valence-corrected chi connectivity index (χ1v) is 13.2. The molecular formula is C27H18Cl5N5O4. The molecule has 9 nitrogen and oxygen atoms in total. The first-order chi connectivity index (χ1) is 19.7. The molecule has 0 aliphatic heterocycles. The quantitative estimate of drug-likeness (QED) is 0.117. The van der Waals surface area contributed by atoms with Crippen LogP contribution in [0.25, 0.3) is 5.69 Å². The van der Waals surface area contributed by atoms with E-state index >= 15 is 0 Å². The Balaban J connectivity index is 0.000000278. The van der Waals surface area contributed by atoms with Crippen LogP contribution in [0.15, 0.2) is 60.8 Å². The summed E-state index contributed by atoms with van der Waals surface area (Å²) in [6, 6.07) is 19.8. The fraction of sp³-hybridized carbons (Fsp3) is 0.111. The van der Waals surface area contributed by atoms with Crippen molar-refractivity contribution in [2.24, 2.45) is 0 Å². The van der Waals surface area contributed by atoms with E-state index in [2.05, 4.69) is 5.10 Å². The van der Waals surface area contributed by atoms with Gasteiger partial charge < -0.3 is 9.47 Å². The van der Waals surface area contributed by atoms with Gasteiger partial charge in [0.25, 0.3) is 0 Å². The van der Waals surface area contributed by atoms with Crippen molar-refractivity contribution < 1.29 is 19.1 Å². The molecule has 4 aromatic rings. The Kier molecular flexibility index (Phi) is 11.5. The molecule has 4 rings (SSSR count). The lowest BCUT2D eigenvalue weighted by Crippen LogP contribution is -2.30. The first-order valence-electron chi connectivity index (χ1n) is 11.3. The van der Waals surface area contributed by atoms with E-state index in [4.69, 9.17) is 82.8 Å². The number of hydrogen-bond acceptors (Lipinski definition) is 7. The number of methoxy groups -OCH3 is 1. The van der Waals surface area contributed by atoms with Crippen molar-refractivity contribution in [3.05, 3.63) is 103 Å². The molecule has 0 aliphatic carbocycles. The Hall–Kier alpha value is -3.67. The number of halogens is 5. The van der Waals surface area contributed by atoms with Gasteiger partial charge in [-0.05, 0) is 30.3 Å². The first kappa shape index (κ1) is 31.9. The lowest BCUT2D eigenvalue weighted by atomic mass is 10.1. The lowest BCUT2D eigenvalue weighted by molar-refractivity contribution is 0.115. The molecule has 0 atom stereocenters. The van der Waals surface area contributed by atoms with Crippen molar-refractivity contribution in [1.29, 1.82) is 10.5 Å². The molecule has 1 heterocycles. The van der Waals surface area contributed by atoms with Gasteiger partial charge in [0.1, 0.15) is 18.7 Å². The summed E-state index contributed by atoms with van der Waals surface area (Å²) in [5.74, 6) is 0.446. The summed E-state index contributed by atoms with van der Waals surface area (Å²) in [7, 11) is 2.68. The second kappa shape index (κ2) is 14.8. The monoisotopic (exact) mass is 651 g/mol. The summed E-state index contributed by atoms with van der Waals surface area (Å²) in [5.41, 5.74) is 2.05. The number of carbonyl (C=O) groups is 1. The molecule has 0 saturated carbocycles. The number of hydroxylamine groups is 1. The molecule has 0 fully saturated rings. The minimum atomic E-state index is -0.628. The van der Waals surface area contributed by atoms with E-state index in [1.165, 1.54) is 14.2 Å². The van der Waals surface area contributed by atoms with Gasteiger partial charge in [0.15, 0.2) is 0 Å². The highest BCUT2D eigenvalue weighted by atomic mass is 35.5. The van der Waals surface area contributed by atoms with Gasteiger partial charge in [0, 0.05) is 22.8 Å². The second-order valence-electron chi connectivity index (χ2n) is 7.67. The molecule has 0 bridgehead atoms. The van der Waals surface area contributed by atoms with E-state index in [9.17, 15) is 4.79 Å². The highest BCUT2D eigenvalue weighted by molar-refractivity contribution is 6.50. The number of hydrogen-bond donors (Lipinski definition) is 0. The number of nitriles is 2. The van der Waals surface area contributed by atoms with E-state index in [0.717, 1.165) is 16.3 Å². The molecule has 0 radical (unpaired) electrons. The summed E-state index contributed by atoms with van der Waals surface area (Å²) in [6.45, 7) is 0.199. The standard InChI is InChI=1S/C19H18ClN3O4.C8Cl4N2/c1-25-19(24)23(26-2)17-6-4-3-5-14(17)13-27-18-11-12-22(21-18)16-9-7-15(20)8-10-16;9-5-3(1-13)6(10)8(12)7(11)4(5)2-14/h3-12H,13H2,1-2H3;. The fourth-order valence-electron chi connectivity index (χ4n) is 3.29. The summed E-state index contributed by atoms with van der Waals surface area (Å²) in [4.78, 5) is 17.0. The van der Waals surface area contributed by atoms with E-state index in [-0.39, 0.29) is 37.8 Å². The Morgan fingerprint density at radius 2 is 1.49 bits per heavy atom. The molecule has 0 aliphatic rings. The molecule has 1 aromatic heterocycles. The zero-order valence-corrected chi connectivity index (χ0v) is 25.0. The topological polar surface area (TPSA) is 113 Å². The summed E-state index contributed by atoms with van der Waals surface area (Å²) in [6.07, 6.45) is 1.16. The minimum absolute atomic E-state index is 0.0363. The smallest absolute Gasteiger partial charge is 0.438 e. The number of rotatable bonds is 6. The summed E-state index contributed by atoms with van der Waals surface area (Å²) < 4.78 is 12.2. The second-order valence-corrected chi connectivity index (χ2v) is 9.62. The lowest BCUT2D eigenvalue weighted by Gasteiger charge is -2.20. The van der Waals surface area contributed by atoms with Crippen LogP contribution < -0.4 is 9.80 Å². The molecule has 14 heteroatoms. The van der Waals surface area contributed by atoms with Crippen molar-refractivity contribution in [3.8, 4) is 23.7 Å². The molecule has 0 saturated heterocycles. The number of carbonyl (C=O) groups excluding carboxylic acids is 1. The van der Waals surface area contributed by atoms with E-state index in [0.29, 0.717) is 16.6 Å².